The van der Waals surface area contributed by atoms with Gasteiger partial charge < -0.3 is 5.32 Å². The van der Waals surface area contributed by atoms with Crippen molar-refractivity contribution < 1.29 is 9.60 Å². The molecule has 27 heavy (non-hydrogen) atoms. The zero-order valence-electron chi connectivity index (χ0n) is 13.9. The molecule has 0 spiro atoms. The molecule has 0 bridgehead atoms. The topological polar surface area (TPSA) is 101 Å². The van der Waals surface area contributed by atoms with Crippen molar-refractivity contribution in [2.75, 3.05) is 10.4 Å². The molecule has 3 aromatic rings. The van der Waals surface area contributed by atoms with Gasteiger partial charge in [-0.1, -0.05) is 12.1 Å². The molecule has 2 aromatic carbocycles. The molecule has 0 aliphatic carbocycles. The molecule has 1 heterocycles. The number of hydroxylamine groups is 1. The van der Waals surface area contributed by atoms with Crippen molar-refractivity contribution >= 4 is 33.3 Å². The lowest BCUT2D eigenvalue weighted by molar-refractivity contribution is 0.306. The summed E-state index contributed by atoms with van der Waals surface area (Å²) in [6.07, 6.45) is 3.05. The Morgan fingerprint density at radius 2 is 2.19 bits per heavy atom. The fourth-order valence-electron chi connectivity index (χ4n) is 2.32. The standard InChI is InChI=1S/C18H14BrFN6O/c19-16-7-15(4-5-17(16)20)26(27)18(22)25-11-14(10-24-25)23-9-13-3-1-2-12(6-13)8-21/h1-7,10-11,22-23,27H,9H2. The van der Waals surface area contributed by atoms with Crippen LogP contribution in [0.15, 0.2) is 59.3 Å². The molecule has 0 radical (unpaired) electrons. The predicted octanol–water partition coefficient (Wildman–Crippen LogP) is 3.95. The minimum Gasteiger partial charge on any atom is -0.378 e. The van der Waals surface area contributed by atoms with Gasteiger partial charge >= 0.3 is 0 Å². The molecule has 0 amide bonds. The lowest BCUT2D eigenvalue weighted by atomic mass is 10.1. The Kier molecular flexibility index (Phi) is 5.49. The lowest BCUT2D eigenvalue weighted by Crippen LogP contribution is -2.32. The molecule has 0 aliphatic rings. The maximum absolute atomic E-state index is 13.3. The van der Waals surface area contributed by atoms with Crippen LogP contribution < -0.4 is 10.4 Å². The van der Waals surface area contributed by atoms with Crippen LogP contribution in [0.1, 0.15) is 11.1 Å². The normalized spacial score (nSPS) is 10.3. The molecular weight excluding hydrogens is 415 g/mol. The lowest BCUT2D eigenvalue weighted by Gasteiger charge is -2.17. The average molecular weight is 429 g/mol. The number of nitrogens with zero attached hydrogens (tertiary/aromatic N) is 4. The van der Waals surface area contributed by atoms with Gasteiger partial charge in [0.2, 0.25) is 5.96 Å². The molecular formula is C18H14BrFN6O. The predicted molar refractivity (Wildman–Crippen MR) is 102 cm³/mol. The first-order valence-corrected chi connectivity index (χ1v) is 8.58. The van der Waals surface area contributed by atoms with E-state index in [2.05, 4.69) is 32.4 Å². The molecule has 0 unspecified atom stereocenters. The Hall–Kier alpha value is -3.22. The van der Waals surface area contributed by atoms with Crippen LogP contribution in [0.25, 0.3) is 0 Å². The minimum absolute atomic E-state index is 0.175. The Balaban J connectivity index is 1.68. The van der Waals surface area contributed by atoms with E-state index >= 15 is 0 Å². The fourth-order valence-corrected chi connectivity index (χ4v) is 2.69. The van der Waals surface area contributed by atoms with Crippen LogP contribution in [0.2, 0.25) is 0 Å². The van der Waals surface area contributed by atoms with E-state index in [1.54, 1.807) is 18.2 Å². The van der Waals surface area contributed by atoms with Crippen molar-refractivity contribution in [2.45, 2.75) is 6.54 Å². The Labute approximate surface area is 162 Å². The van der Waals surface area contributed by atoms with E-state index in [4.69, 9.17) is 10.7 Å². The zero-order chi connectivity index (χ0) is 19.4. The molecule has 0 saturated heterocycles. The highest BCUT2D eigenvalue weighted by molar-refractivity contribution is 9.10. The van der Waals surface area contributed by atoms with Crippen LogP contribution >= 0.6 is 15.9 Å². The van der Waals surface area contributed by atoms with Gasteiger partial charge in [-0.15, -0.1) is 0 Å². The molecule has 0 saturated carbocycles. The molecule has 9 heteroatoms. The molecule has 1 aromatic heterocycles. The molecule has 3 rings (SSSR count). The molecule has 136 valence electrons. The second kappa shape index (κ2) is 7.99. The maximum Gasteiger partial charge on any atom is 0.248 e. The van der Waals surface area contributed by atoms with Gasteiger partial charge in [-0.3, -0.25) is 10.6 Å². The van der Waals surface area contributed by atoms with Crippen molar-refractivity contribution in [1.29, 1.82) is 10.7 Å². The number of aromatic nitrogens is 2. The van der Waals surface area contributed by atoms with E-state index in [0.29, 0.717) is 22.9 Å². The van der Waals surface area contributed by atoms with Gasteiger partial charge in [-0.05, 0) is 51.8 Å². The van der Waals surface area contributed by atoms with Crippen LogP contribution in [-0.2, 0) is 6.54 Å². The number of rotatable bonds is 4. The van der Waals surface area contributed by atoms with E-state index in [-0.39, 0.29) is 16.1 Å². The van der Waals surface area contributed by atoms with Gasteiger partial charge in [-0.25, -0.2) is 9.07 Å². The third kappa shape index (κ3) is 4.31. The monoisotopic (exact) mass is 428 g/mol. The van der Waals surface area contributed by atoms with E-state index in [9.17, 15) is 9.60 Å². The number of hydrogen-bond donors (Lipinski definition) is 3. The Morgan fingerprint density at radius 1 is 1.37 bits per heavy atom. The van der Waals surface area contributed by atoms with E-state index in [1.165, 1.54) is 35.3 Å². The number of nitriles is 1. The summed E-state index contributed by atoms with van der Waals surface area (Å²) in [5.74, 6) is -0.794. The third-order valence-electron chi connectivity index (χ3n) is 3.70. The van der Waals surface area contributed by atoms with Crippen LogP contribution in [0.3, 0.4) is 0 Å². The summed E-state index contributed by atoms with van der Waals surface area (Å²) in [4.78, 5) is 0. The van der Waals surface area contributed by atoms with Gasteiger partial charge in [0.05, 0.1) is 39.9 Å². The van der Waals surface area contributed by atoms with Crippen molar-refractivity contribution in [3.8, 4) is 6.07 Å². The number of nitrogens with one attached hydrogen (secondary N) is 2. The first-order valence-electron chi connectivity index (χ1n) is 7.78. The SMILES string of the molecule is N#Cc1cccc(CNc2cnn(C(=N)N(O)c3ccc(F)c(Br)c3)c2)c1. The number of anilines is 2. The highest BCUT2D eigenvalue weighted by atomic mass is 79.9. The summed E-state index contributed by atoms with van der Waals surface area (Å²) in [7, 11) is 0. The van der Waals surface area contributed by atoms with Crippen LogP contribution in [0.5, 0.6) is 0 Å². The average Bonchev–Trinajstić information content (AvgIpc) is 3.16. The summed E-state index contributed by atoms with van der Waals surface area (Å²) >= 11 is 3.04. The minimum atomic E-state index is -0.468. The second-order valence-corrected chi connectivity index (χ2v) is 6.43. The molecule has 0 aliphatic heterocycles. The number of benzene rings is 2. The summed E-state index contributed by atoms with van der Waals surface area (Å²) in [6.45, 7) is 0.474. The number of halogens is 2. The summed E-state index contributed by atoms with van der Waals surface area (Å²) in [5.41, 5.74) is 2.35. The third-order valence-corrected chi connectivity index (χ3v) is 4.31. The highest BCUT2D eigenvalue weighted by Crippen LogP contribution is 2.22. The first-order chi connectivity index (χ1) is 13.0. The quantitative estimate of drug-likeness (QED) is 0.331. The van der Waals surface area contributed by atoms with Crippen LogP contribution in [0, 0.1) is 22.6 Å². The Bertz CT molecular complexity index is 1030. The van der Waals surface area contributed by atoms with Crippen LogP contribution in [0.4, 0.5) is 15.8 Å². The fraction of sp³-hybridized carbons (Fsp3) is 0.0556. The van der Waals surface area contributed by atoms with Crippen molar-refractivity contribution in [3.63, 3.8) is 0 Å². The molecule has 3 N–H and O–H groups in total. The van der Waals surface area contributed by atoms with Crippen molar-refractivity contribution in [1.82, 2.24) is 9.78 Å². The highest BCUT2D eigenvalue weighted by Gasteiger charge is 2.14. The van der Waals surface area contributed by atoms with E-state index in [0.717, 1.165) is 5.56 Å². The first kappa shape index (κ1) is 18.6. The van der Waals surface area contributed by atoms with Gasteiger partial charge in [0.25, 0.3) is 0 Å². The van der Waals surface area contributed by atoms with Gasteiger partial charge in [0.1, 0.15) is 5.82 Å². The van der Waals surface area contributed by atoms with Crippen LogP contribution in [-0.4, -0.2) is 20.9 Å². The largest absolute Gasteiger partial charge is 0.378 e. The summed E-state index contributed by atoms with van der Waals surface area (Å²) < 4.78 is 14.7. The second-order valence-electron chi connectivity index (χ2n) is 5.57. The summed E-state index contributed by atoms with van der Waals surface area (Å²) in [6, 6.07) is 13.2. The zero-order valence-corrected chi connectivity index (χ0v) is 15.5. The van der Waals surface area contributed by atoms with Crippen molar-refractivity contribution in [3.05, 3.63) is 76.3 Å². The molecule has 0 fully saturated rings. The van der Waals surface area contributed by atoms with Gasteiger partial charge in [0, 0.05) is 6.54 Å². The maximum atomic E-state index is 13.3. The Morgan fingerprint density at radius 3 is 2.93 bits per heavy atom. The smallest absolute Gasteiger partial charge is 0.248 e. The molecule has 7 nitrogen and oxygen atoms in total. The van der Waals surface area contributed by atoms with E-state index in [1.807, 2.05) is 6.07 Å². The van der Waals surface area contributed by atoms with Crippen molar-refractivity contribution in [2.24, 2.45) is 0 Å². The molecule has 0 atom stereocenters. The van der Waals surface area contributed by atoms with E-state index < -0.39 is 5.82 Å². The summed E-state index contributed by atoms with van der Waals surface area (Å²) in [5, 5.41) is 34.9. The van der Waals surface area contributed by atoms with Gasteiger partial charge in [-0.2, -0.15) is 15.4 Å². The number of hydrogen-bond acceptors (Lipinski definition) is 5. The van der Waals surface area contributed by atoms with Gasteiger partial charge in [0.15, 0.2) is 0 Å².